The van der Waals surface area contributed by atoms with Crippen molar-refractivity contribution in [3.8, 4) is 11.1 Å². The van der Waals surface area contributed by atoms with E-state index in [0.29, 0.717) is 30.8 Å². The Hall–Kier alpha value is -3.23. The van der Waals surface area contributed by atoms with Crippen LogP contribution in [0.1, 0.15) is 98.0 Å². The minimum atomic E-state index is -0.837. The first-order valence-corrected chi connectivity index (χ1v) is 15.6. The molecule has 8 heteroatoms. The number of hydrogen-bond acceptors (Lipinski definition) is 7. The van der Waals surface area contributed by atoms with E-state index in [1.54, 1.807) is 10.6 Å². The number of pyridine rings is 1. The number of unbranched alkanes of at least 4 members (excludes halogenated alkanes) is 7. The molecule has 236 valence electrons. The molecule has 8 nitrogen and oxygen atoms in total. The van der Waals surface area contributed by atoms with E-state index in [-0.39, 0.29) is 11.5 Å². The van der Waals surface area contributed by atoms with Crippen LogP contribution in [0.25, 0.3) is 22.2 Å². The standard InChI is InChI=1S/C35H51N3O5/c1-25-17-13-14-18-27(25)28-23-26-19-20-29(39)38(30(26)43-31(28)40)21-15-11-9-7-8-10-12-16-22-42-32(41)34(4,5)35(6,37)24-33(2,3)36/h13-14,17-20,23H,7-12,15-16,21-22,24,36-37H2,1-6H3. The molecule has 43 heavy (non-hydrogen) atoms. The Labute approximate surface area is 255 Å². The van der Waals surface area contributed by atoms with E-state index in [9.17, 15) is 14.4 Å². The molecule has 0 spiro atoms. The molecule has 3 aromatic rings. The Morgan fingerprint density at radius 2 is 1.44 bits per heavy atom. The normalized spacial score (nSPS) is 13.7. The van der Waals surface area contributed by atoms with E-state index in [1.165, 1.54) is 6.07 Å². The van der Waals surface area contributed by atoms with Gasteiger partial charge in [0.05, 0.1) is 17.6 Å². The zero-order chi connectivity index (χ0) is 31.8. The predicted molar refractivity (Wildman–Crippen MR) is 174 cm³/mol. The third-order valence-corrected chi connectivity index (χ3v) is 8.58. The molecule has 0 aliphatic rings. The van der Waals surface area contributed by atoms with Crippen molar-refractivity contribution in [2.75, 3.05) is 6.61 Å². The fourth-order valence-corrected chi connectivity index (χ4v) is 5.61. The minimum Gasteiger partial charge on any atom is -0.465 e. The molecule has 0 aliphatic carbocycles. The SMILES string of the molecule is Cc1ccccc1-c1cc2ccc(=O)n(CCCCCCCCCCOC(=O)C(C)(C)C(C)(N)CC(C)(C)N)c2oc1=O. The monoisotopic (exact) mass is 593 g/mol. The lowest BCUT2D eigenvalue weighted by atomic mass is 9.68. The molecular weight excluding hydrogens is 542 g/mol. The Bertz CT molecular complexity index is 1490. The third-order valence-electron chi connectivity index (χ3n) is 8.58. The number of hydrogen-bond donors (Lipinski definition) is 2. The first kappa shape index (κ1) is 34.3. The zero-order valence-corrected chi connectivity index (χ0v) is 27.0. The van der Waals surface area contributed by atoms with Gasteiger partial charge in [-0.1, -0.05) is 62.8 Å². The summed E-state index contributed by atoms with van der Waals surface area (Å²) in [7, 11) is 0. The average molecular weight is 594 g/mol. The van der Waals surface area contributed by atoms with E-state index in [0.717, 1.165) is 67.9 Å². The highest BCUT2D eigenvalue weighted by Crippen LogP contribution is 2.35. The van der Waals surface area contributed by atoms with Crippen LogP contribution in [-0.4, -0.2) is 28.2 Å². The van der Waals surface area contributed by atoms with E-state index in [2.05, 4.69) is 0 Å². The van der Waals surface area contributed by atoms with Crippen molar-refractivity contribution in [3.05, 3.63) is 68.8 Å². The minimum absolute atomic E-state index is 0.164. The Kier molecular flexibility index (Phi) is 11.6. The summed E-state index contributed by atoms with van der Waals surface area (Å²) >= 11 is 0. The maximum atomic E-state index is 12.8. The van der Waals surface area contributed by atoms with Crippen molar-refractivity contribution < 1.29 is 13.9 Å². The largest absolute Gasteiger partial charge is 0.465 e. The van der Waals surface area contributed by atoms with Crippen LogP contribution >= 0.6 is 0 Å². The molecule has 3 rings (SSSR count). The van der Waals surface area contributed by atoms with Gasteiger partial charge in [-0.05, 0) is 84.1 Å². The Morgan fingerprint density at radius 3 is 2.07 bits per heavy atom. The molecule has 0 saturated heterocycles. The first-order chi connectivity index (χ1) is 20.1. The number of carbonyl (C=O) groups excluding carboxylic acids is 1. The lowest BCUT2D eigenvalue weighted by molar-refractivity contribution is -0.158. The van der Waals surface area contributed by atoms with Gasteiger partial charge in [-0.2, -0.15) is 0 Å². The van der Waals surface area contributed by atoms with Crippen LogP contribution in [-0.2, 0) is 16.1 Å². The highest BCUT2D eigenvalue weighted by molar-refractivity contribution is 5.80. The van der Waals surface area contributed by atoms with Crippen LogP contribution in [0.4, 0.5) is 0 Å². The molecule has 1 atom stereocenters. The van der Waals surface area contributed by atoms with Crippen molar-refractivity contribution in [2.24, 2.45) is 16.9 Å². The fourth-order valence-electron chi connectivity index (χ4n) is 5.61. The van der Waals surface area contributed by atoms with Gasteiger partial charge in [-0.15, -0.1) is 0 Å². The smallest absolute Gasteiger partial charge is 0.345 e. The van der Waals surface area contributed by atoms with Gasteiger partial charge in [-0.3, -0.25) is 14.2 Å². The number of aryl methyl sites for hydroxylation is 2. The van der Waals surface area contributed by atoms with Crippen molar-refractivity contribution in [1.82, 2.24) is 4.57 Å². The highest BCUT2D eigenvalue weighted by atomic mass is 16.5. The van der Waals surface area contributed by atoms with Gasteiger partial charge >= 0.3 is 11.6 Å². The maximum Gasteiger partial charge on any atom is 0.345 e. The summed E-state index contributed by atoms with van der Waals surface area (Å²) in [5.74, 6) is -0.280. The van der Waals surface area contributed by atoms with E-state index in [1.807, 2.05) is 71.9 Å². The van der Waals surface area contributed by atoms with Crippen LogP contribution in [0.5, 0.6) is 0 Å². The van der Waals surface area contributed by atoms with Crippen molar-refractivity contribution in [2.45, 2.75) is 117 Å². The molecule has 2 heterocycles. The van der Waals surface area contributed by atoms with Crippen molar-refractivity contribution in [3.63, 3.8) is 0 Å². The van der Waals surface area contributed by atoms with E-state index >= 15 is 0 Å². The van der Waals surface area contributed by atoms with E-state index < -0.39 is 22.1 Å². The second kappa shape index (κ2) is 14.5. The third kappa shape index (κ3) is 9.13. The average Bonchev–Trinajstić information content (AvgIpc) is 2.91. The zero-order valence-electron chi connectivity index (χ0n) is 27.0. The van der Waals surface area contributed by atoms with Crippen LogP contribution < -0.4 is 22.7 Å². The van der Waals surface area contributed by atoms with Gasteiger partial charge in [0.25, 0.3) is 5.56 Å². The van der Waals surface area contributed by atoms with Crippen LogP contribution in [0.15, 0.2) is 56.5 Å². The van der Waals surface area contributed by atoms with Gasteiger partial charge in [0.2, 0.25) is 5.71 Å². The van der Waals surface area contributed by atoms with Gasteiger partial charge in [0.15, 0.2) is 0 Å². The molecular formula is C35H51N3O5. The summed E-state index contributed by atoms with van der Waals surface area (Å²) in [5.41, 5.74) is 12.6. The summed E-state index contributed by atoms with van der Waals surface area (Å²) in [5, 5.41) is 0.739. The van der Waals surface area contributed by atoms with Crippen molar-refractivity contribution >= 4 is 17.1 Å². The molecule has 0 radical (unpaired) electrons. The second-order valence-electron chi connectivity index (χ2n) is 13.5. The number of aromatic nitrogens is 1. The number of esters is 1. The topological polar surface area (TPSA) is 131 Å². The van der Waals surface area contributed by atoms with Crippen molar-refractivity contribution in [1.29, 1.82) is 0 Å². The Balaban J connectivity index is 1.38. The number of benzene rings is 1. The number of nitrogens with zero attached hydrogens (tertiary/aromatic N) is 1. The molecule has 0 bridgehead atoms. The molecule has 4 N–H and O–H groups in total. The number of carbonyl (C=O) groups is 1. The molecule has 0 aliphatic heterocycles. The number of ether oxygens (including phenoxy) is 1. The summed E-state index contributed by atoms with van der Waals surface area (Å²) in [6, 6.07) is 12.8. The number of fused-ring (bicyclic) bond motifs is 1. The lowest BCUT2D eigenvalue weighted by Gasteiger charge is -2.42. The summed E-state index contributed by atoms with van der Waals surface area (Å²) in [4.78, 5) is 38.2. The Morgan fingerprint density at radius 1 is 0.837 bits per heavy atom. The molecule has 0 amide bonds. The van der Waals surface area contributed by atoms with Crippen LogP contribution in [0.3, 0.4) is 0 Å². The van der Waals surface area contributed by atoms with Crippen LogP contribution in [0.2, 0.25) is 0 Å². The van der Waals surface area contributed by atoms with E-state index in [4.69, 9.17) is 20.6 Å². The molecule has 1 aromatic carbocycles. The van der Waals surface area contributed by atoms with Gasteiger partial charge in [0, 0.05) is 29.1 Å². The van der Waals surface area contributed by atoms with Gasteiger partial charge in [0.1, 0.15) is 0 Å². The lowest BCUT2D eigenvalue weighted by Crippen LogP contribution is -2.59. The quantitative estimate of drug-likeness (QED) is 0.144. The van der Waals surface area contributed by atoms with Gasteiger partial charge in [-0.25, -0.2) is 4.79 Å². The molecule has 0 saturated carbocycles. The van der Waals surface area contributed by atoms with Gasteiger partial charge < -0.3 is 20.6 Å². The molecule has 2 aromatic heterocycles. The fraction of sp³-hybridized carbons (Fsp3) is 0.571. The predicted octanol–water partition coefficient (Wildman–Crippen LogP) is 6.47. The maximum absolute atomic E-state index is 12.8. The summed E-state index contributed by atoms with van der Waals surface area (Å²) in [6.45, 7) is 12.2. The summed E-state index contributed by atoms with van der Waals surface area (Å²) < 4.78 is 12.8. The first-order valence-electron chi connectivity index (χ1n) is 15.6. The molecule has 1 unspecified atom stereocenters. The highest BCUT2D eigenvalue weighted by Gasteiger charge is 2.46. The molecule has 0 fully saturated rings. The number of rotatable bonds is 16. The number of nitrogens with two attached hydrogens (primary N) is 2. The second-order valence-corrected chi connectivity index (χ2v) is 13.5. The van der Waals surface area contributed by atoms with Crippen LogP contribution in [0, 0.1) is 12.3 Å². The summed E-state index contributed by atoms with van der Waals surface area (Å²) in [6.07, 6.45) is 8.50.